The van der Waals surface area contributed by atoms with Crippen LogP contribution in [0.15, 0.2) is 47.7 Å². The van der Waals surface area contributed by atoms with E-state index in [9.17, 15) is 4.79 Å². The van der Waals surface area contributed by atoms with Gasteiger partial charge in [-0.25, -0.2) is 5.43 Å². The molecule has 0 bridgehead atoms. The van der Waals surface area contributed by atoms with Crippen molar-refractivity contribution >= 4 is 11.6 Å². The van der Waals surface area contributed by atoms with Gasteiger partial charge in [0.15, 0.2) is 0 Å². The number of aromatic nitrogens is 1. The van der Waals surface area contributed by atoms with Crippen molar-refractivity contribution in [1.29, 1.82) is 0 Å². The van der Waals surface area contributed by atoms with Crippen LogP contribution in [0.3, 0.4) is 0 Å². The van der Waals surface area contributed by atoms with E-state index in [4.69, 9.17) is 0 Å². The Morgan fingerprint density at radius 1 is 1.15 bits per heavy atom. The molecular weight excluding hydrogens is 250 g/mol. The van der Waals surface area contributed by atoms with Crippen LogP contribution in [0.25, 0.3) is 0 Å². The molecule has 1 aromatic heterocycles. The van der Waals surface area contributed by atoms with Gasteiger partial charge in [-0.1, -0.05) is 18.2 Å². The maximum absolute atomic E-state index is 11.8. The molecular formula is C16H17N3O. The number of hydrazone groups is 1. The Morgan fingerprint density at radius 2 is 1.95 bits per heavy atom. The molecule has 1 heterocycles. The molecule has 0 atom stereocenters. The fourth-order valence-corrected chi connectivity index (χ4v) is 1.72. The fourth-order valence-electron chi connectivity index (χ4n) is 1.72. The number of carbonyl (C=O) groups is 1. The van der Waals surface area contributed by atoms with Crippen molar-refractivity contribution in [3.63, 3.8) is 0 Å². The number of rotatable bonds is 3. The molecule has 0 spiro atoms. The van der Waals surface area contributed by atoms with Crippen LogP contribution >= 0.6 is 0 Å². The van der Waals surface area contributed by atoms with E-state index in [0.29, 0.717) is 5.69 Å². The largest absolute Gasteiger partial charge is 0.289 e. The van der Waals surface area contributed by atoms with Gasteiger partial charge in [0.1, 0.15) is 5.69 Å². The lowest BCUT2D eigenvalue weighted by Crippen LogP contribution is -2.20. The Morgan fingerprint density at radius 3 is 2.60 bits per heavy atom. The van der Waals surface area contributed by atoms with Crippen LogP contribution in [0.1, 0.15) is 34.1 Å². The Balaban J connectivity index is 2.11. The first-order valence-corrected chi connectivity index (χ1v) is 6.41. The van der Waals surface area contributed by atoms with E-state index in [0.717, 1.165) is 11.3 Å². The number of nitrogens with zero attached hydrogens (tertiary/aromatic N) is 2. The molecule has 1 N–H and O–H groups in total. The molecule has 0 fully saturated rings. The van der Waals surface area contributed by atoms with Crippen molar-refractivity contribution in [2.24, 2.45) is 5.10 Å². The molecule has 0 aliphatic carbocycles. The standard InChI is InChI=1S/C16H17N3O/c1-11-7-8-14(10-12(11)2)13(3)18-19-16(20)15-6-4-5-9-17-15/h4-10H,1-3H3,(H,19,20)/b18-13-. The van der Waals surface area contributed by atoms with Crippen molar-refractivity contribution in [3.05, 3.63) is 65.0 Å². The highest BCUT2D eigenvalue weighted by Crippen LogP contribution is 2.10. The topological polar surface area (TPSA) is 54.4 Å². The Hall–Kier alpha value is -2.49. The van der Waals surface area contributed by atoms with E-state index >= 15 is 0 Å². The van der Waals surface area contributed by atoms with Crippen LogP contribution < -0.4 is 5.43 Å². The first kappa shape index (κ1) is 13.9. The number of hydrogen-bond acceptors (Lipinski definition) is 3. The van der Waals surface area contributed by atoms with Gasteiger partial charge in [0, 0.05) is 6.20 Å². The van der Waals surface area contributed by atoms with E-state index in [2.05, 4.69) is 35.4 Å². The predicted octanol–water partition coefficient (Wildman–Crippen LogP) is 2.85. The number of carbonyl (C=O) groups excluding carboxylic acids is 1. The van der Waals surface area contributed by atoms with Crippen molar-refractivity contribution in [2.45, 2.75) is 20.8 Å². The SMILES string of the molecule is C/C(=N/NC(=O)c1ccccn1)c1ccc(C)c(C)c1. The fraction of sp³-hybridized carbons (Fsp3) is 0.188. The molecule has 0 saturated heterocycles. The predicted molar refractivity (Wildman–Crippen MR) is 79.8 cm³/mol. The van der Waals surface area contributed by atoms with Crippen LogP contribution in [0, 0.1) is 13.8 Å². The van der Waals surface area contributed by atoms with Crippen LogP contribution in [-0.2, 0) is 0 Å². The van der Waals surface area contributed by atoms with E-state index < -0.39 is 0 Å². The minimum Gasteiger partial charge on any atom is -0.266 e. The molecule has 4 heteroatoms. The quantitative estimate of drug-likeness (QED) is 0.686. The van der Waals surface area contributed by atoms with Crippen LogP contribution in [0.2, 0.25) is 0 Å². The molecule has 0 unspecified atom stereocenters. The third-order valence-corrected chi connectivity index (χ3v) is 3.15. The number of pyridine rings is 1. The Bertz CT molecular complexity index is 648. The van der Waals surface area contributed by atoms with Gasteiger partial charge in [-0.15, -0.1) is 0 Å². The second kappa shape index (κ2) is 6.10. The summed E-state index contributed by atoms with van der Waals surface area (Å²) in [5, 5.41) is 4.12. The van der Waals surface area contributed by atoms with Crippen molar-refractivity contribution in [3.8, 4) is 0 Å². The molecule has 0 saturated carbocycles. The third-order valence-electron chi connectivity index (χ3n) is 3.15. The molecule has 2 aromatic rings. The number of amides is 1. The summed E-state index contributed by atoms with van der Waals surface area (Å²) < 4.78 is 0. The molecule has 2 rings (SSSR count). The first-order chi connectivity index (χ1) is 9.58. The normalized spacial score (nSPS) is 11.2. The summed E-state index contributed by atoms with van der Waals surface area (Å²) in [5.74, 6) is -0.311. The van der Waals surface area contributed by atoms with Crippen molar-refractivity contribution < 1.29 is 4.79 Å². The van der Waals surface area contributed by atoms with Gasteiger partial charge in [0.25, 0.3) is 5.91 Å². The zero-order valence-corrected chi connectivity index (χ0v) is 11.8. The van der Waals surface area contributed by atoms with Crippen LogP contribution in [-0.4, -0.2) is 16.6 Å². The van der Waals surface area contributed by atoms with Gasteiger partial charge in [-0.05, 0) is 55.7 Å². The summed E-state index contributed by atoms with van der Waals surface area (Å²) in [7, 11) is 0. The molecule has 0 radical (unpaired) electrons. The van der Waals surface area contributed by atoms with Gasteiger partial charge in [-0.2, -0.15) is 5.10 Å². The van der Waals surface area contributed by atoms with Gasteiger partial charge >= 0.3 is 0 Å². The smallest absolute Gasteiger partial charge is 0.266 e. The van der Waals surface area contributed by atoms with Gasteiger partial charge < -0.3 is 0 Å². The van der Waals surface area contributed by atoms with Gasteiger partial charge in [-0.3, -0.25) is 9.78 Å². The lowest BCUT2D eigenvalue weighted by Gasteiger charge is -2.05. The molecule has 1 aromatic carbocycles. The number of benzene rings is 1. The Labute approximate surface area is 118 Å². The summed E-state index contributed by atoms with van der Waals surface area (Å²) in [6, 6.07) is 11.3. The molecule has 102 valence electrons. The molecule has 0 aliphatic rings. The Kier molecular flexibility index (Phi) is 4.25. The second-order valence-corrected chi connectivity index (χ2v) is 4.65. The maximum Gasteiger partial charge on any atom is 0.289 e. The summed E-state index contributed by atoms with van der Waals surface area (Å²) in [4.78, 5) is 15.8. The number of hydrogen-bond donors (Lipinski definition) is 1. The summed E-state index contributed by atoms with van der Waals surface area (Å²) in [5.41, 5.74) is 7.06. The lowest BCUT2D eigenvalue weighted by molar-refractivity contribution is 0.0950. The molecule has 20 heavy (non-hydrogen) atoms. The molecule has 4 nitrogen and oxygen atoms in total. The zero-order chi connectivity index (χ0) is 14.5. The van der Waals surface area contributed by atoms with E-state index in [1.807, 2.05) is 19.1 Å². The summed E-state index contributed by atoms with van der Waals surface area (Å²) in [6.07, 6.45) is 1.58. The van der Waals surface area contributed by atoms with Crippen LogP contribution in [0.5, 0.6) is 0 Å². The minimum atomic E-state index is -0.311. The number of aryl methyl sites for hydroxylation is 2. The summed E-state index contributed by atoms with van der Waals surface area (Å²) in [6.45, 7) is 5.98. The van der Waals surface area contributed by atoms with E-state index in [1.165, 1.54) is 11.1 Å². The van der Waals surface area contributed by atoms with Gasteiger partial charge in [0.05, 0.1) is 5.71 Å². The highest BCUT2D eigenvalue weighted by molar-refractivity contribution is 6.00. The monoisotopic (exact) mass is 267 g/mol. The average Bonchev–Trinajstić information content (AvgIpc) is 2.48. The van der Waals surface area contributed by atoms with E-state index in [1.54, 1.807) is 24.4 Å². The number of nitrogens with one attached hydrogen (secondary N) is 1. The second-order valence-electron chi connectivity index (χ2n) is 4.65. The highest BCUT2D eigenvalue weighted by atomic mass is 16.2. The lowest BCUT2D eigenvalue weighted by atomic mass is 10.0. The molecule has 1 amide bonds. The average molecular weight is 267 g/mol. The molecule has 0 aliphatic heterocycles. The highest BCUT2D eigenvalue weighted by Gasteiger charge is 2.05. The van der Waals surface area contributed by atoms with Gasteiger partial charge in [0.2, 0.25) is 0 Å². The third kappa shape index (κ3) is 3.29. The van der Waals surface area contributed by atoms with Crippen LogP contribution in [0.4, 0.5) is 0 Å². The maximum atomic E-state index is 11.8. The van der Waals surface area contributed by atoms with Crippen molar-refractivity contribution in [2.75, 3.05) is 0 Å². The first-order valence-electron chi connectivity index (χ1n) is 6.41. The minimum absolute atomic E-state index is 0.311. The summed E-state index contributed by atoms with van der Waals surface area (Å²) >= 11 is 0. The van der Waals surface area contributed by atoms with E-state index in [-0.39, 0.29) is 5.91 Å². The zero-order valence-electron chi connectivity index (χ0n) is 11.8. The van der Waals surface area contributed by atoms with Crippen molar-refractivity contribution in [1.82, 2.24) is 10.4 Å².